The average molecular weight is 455 g/mol. The normalized spacial score (nSPS) is 15.7. The summed E-state index contributed by atoms with van der Waals surface area (Å²) < 4.78 is 46.2. The molecule has 1 amide bonds. The predicted molar refractivity (Wildman–Crippen MR) is 112 cm³/mol. The van der Waals surface area contributed by atoms with E-state index in [0.29, 0.717) is 36.8 Å². The van der Waals surface area contributed by atoms with Crippen molar-refractivity contribution in [1.82, 2.24) is 9.21 Å². The highest BCUT2D eigenvalue weighted by atomic mass is 35.5. The van der Waals surface area contributed by atoms with Crippen LogP contribution in [-0.2, 0) is 14.8 Å². The van der Waals surface area contributed by atoms with Crippen LogP contribution in [0, 0.1) is 11.7 Å². The molecule has 1 heterocycles. The minimum absolute atomic E-state index is 0.0549. The van der Waals surface area contributed by atoms with Gasteiger partial charge in [0.1, 0.15) is 23.1 Å². The SMILES string of the molecule is CN(CCOc1ccccc1Cl)C(=O)C1CCN(S(=O)(=O)c2ccccc2F)CC1. The zero-order chi connectivity index (χ0) is 21.7. The molecule has 0 saturated carbocycles. The van der Waals surface area contributed by atoms with E-state index >= 15 is 0 Å². The Labute approximate surface area is 181 Å². The summed E-state index contributed by atoms with van der Waals surface area (Å²) in [6.07, 6.45) is 0.782. The molecule has 0 atom stereocenters. The van der Waals surface area contributed by atoms with Gasteiger partial charge in [0.15, 0.2) is 0 Å². The van der Waals surface area contributed by atoms with Crippen LogP contribution in [0.2, 0.25) is 5.02 Å². The van der Waals surface area contributed by atoms with Crippen LogP contribution < -0.4 is 4.74 Å². The van der Waals surface area contributed by atoms with E-state index in [9.17, 15) is 17.6 Å². The highest BCUT2D eigenvalue weighted by Crippen LogP contribution is 2.26. The van der Waals surface area contributed by atoms with Gasteiger partial charge in [-0.25, -0.2) is 12.8 Å². The highest BCUT2D eigenvalue weighted by Gasteiger charge is 2.34. The third-order valence-electron chi connectivity index (χ3n) is 5.15. The average Bonchev–Trinajstić information content (AvgIpc) is 2.74. The standard InChI is InChI=1S/C21H24ClFN2O4S/c1-24(14-15-29-19-8-4-2-6-17(19)22)21(26)16-10-12-25(13-11-16)30(27,28)20-9-5-3-7-18(20)23/h2-9,16H,10-15H2,1H3. The van der Waals surface area contributed by atoms with Crippen LogP contribution in [0.4, 0.5) is 4.39 Å². The van der Waals surface area contributed by atoms with E-state index < -0.39 is 15.8 Å². The number of hydrogen-bond acceptors (Lipinski definition) is 4. The number of ether oxygens (including phenoxy) is 1. The van der Waals surface area contributed by atoms with Crippen molar-refractivity contribution in [3.8, 4) is 5.75 Å². The quantitative estimate of drug-likeness (QED) is 0.643. The van der Waals surface area contributed by atoms with Gasteiger partial charge in [-0.15, -0.1) is 0 Å². The maximum Gasteiger partial charge on any atom is 0.245 e. The van der Waals surface area contributed by atoms with Gasteiger partial charge < -0.3 is 9.64 Å². The molecule has 9 heteroatoms. The highest BCUT2D eigenvalue weighted by molar-refractivity contribution is 7.89. The van der Waals surface area contributed by atoms with E-state index in [1.807, 2.05) is 12.1 Å². The third kappa shape index (κ3) is 5.11. The van der Waals surface area contributed by atoms with Gasteiger partial charge in [0.05, 0.1) is 11.6 Å². The Balaban J connectivity index is 1.51. The second-order valence-corrected chi connectivity index (χ2v) is 9.46. The van der Waals surface area contributed by atoms with Gasteiger partial charge >= 0.3 is 0 Å². The van der Waals surface area contributed by atoms with Crippen LogP contribution in [-0.4, -0.2) is 56.8 Å². The maximum absolute atomic E-state index is 13.9. The fourth-order valence-electron chi connectivity index (χ4n) is 3.41. The van der Waals surface area contributed by atoms with Crippen molar-refractivity contribution in [2.24, 2.45) is 5.92 Å². The third-order valence-corrected chi connectivity index (χ3v) is 7.40. The fraction of sp³-hybridized carbons (Fsp3) is 0.381. The Hall–Kier alpha value is -2.16. The number of nitrogens with zero attached hydrogens (tertiary/aromatic N) is 2. The maximum atomic E-state index is 13.9. The van der Waals surface area contributed by atoms with Crippen molar-refractivity contribution >= 4 is 27.5 Å². The van der Waals surface area contributed by atoms with Gasteiger partial charge in [0.25, 0.3) is 0 Å². The summed E-state index contributed by atoms with van der Waals surface area (Å²) in [4.78, 5) is 14.0. The smallest absolute Gasteiger partial charge is 0.245 e. The molecule has 0 aromatic heterocycles. The van der Waals surface area contributed by atoms with Crippen molar-refractivity contribution in [2.75, 3.05) is 33.3 Å². The van der Waals surface area contributed by atoms with E-state index in [-0.39, 0.29) is 29.8 Å². The van der Waals surface area contributed by atoms with Crippen molar-refractivity contribution < 1.29 is 22.3 Å². The monoisotopic (exact) mass is 454 g/mol. The Bertz CT molecular complexity index is 994. The number of amides is 1. The Kier molecular flexibility index (Phi) is 7.33. The van der Waals surface area contributed by atoms with Crippen LogP contribution in [0.25, 0.3) is 0 Å². The first-order valence-corrected chi connectivity index (χ1v) is 11.5. The molecule has 162 valence electrons. The van der Waals surface area contributed by atoms with E-state index in [1.165, 1.54) is 22.5 Å². The molecular formula is C21H24ClFN2O4S. The molecule has 6 nitrogen and oxygen atoms in total. The van der Waals surface area contributed by atoms with Crippen LogP contribution in [0.5, 0.6) is 5.75 Å². The van der Waals surface area contributed by atoms with Crippen molar-refractivity contribution in [1.29, 1.82) is 0 Å². The molecule has 3 rings (SSSR count). The number of para-hydroxylation sites is 1. The van der Waals surface area contributed by atoms with Gasteiger partial charge in [-0.2, -0.15) is 4.31 Å². The van der Waals surface area contributed by atoms with Crippen molar-refractivity contribution in [2.45, 2.75) is 17.7 Å². The Morgan fingerprint density at radius 3 is 2.47 bits per heavy atom. The number of carbonyl (C=O) groups is 1. The number of halogens is 2. The minimum Gasteiger partial charge on any atom is -0.490 e. The molecule has 0 radical (unpaired) electrons. The molecule has 0 bridgehead atoms. The zero-order valence-electron chi connectivity index (χ0n) is 16.6. The first-order chi connectivity index (χ1) is 14.3. The number of likely N-dealkylation sites (N-methyl/N-ethyl adjacent to an activating group) is 1. The number of carbonyl (C=O) groups excluding carboxylic acids is 1. The second kappa shape index (κ2) is 9.76. The molecule has 2 aromatic carbocycles. The first-order valence-electron chi connectivity index (χ1n) is 9.67. The second-order valence-electron chi connectivity index (χ2n) is 7.15. The summed E-state index contributed by atoms with van der Waals surface area (Å²) >= 11 is 6.05. The lowest BCUT2D eigenvalue weighted by molar-refractivity contribution is -0.135. The summed E-state index contributed by atoms with van der Waals surface area (Å²) in [5.74, 6) is -0.538. The summed E-state index contributed by atoms with van der Waals surface area (Å²) in [5.41, 5.74) is 0. The van der Waals surface area contributed by atoms with Gasteiger partial charge in [-0.3, -0.25) is 4.79 Å². The molecule has 2 aromatic rings. The van der Waals surface area contributed by atoms with Crippen LogP contribution >= 0.6 is 11.6 Å². The zero-order valence-corrected chi connectivity index (χ0v) is 18.2. The molecule has 30 heavy (non-hydrogen) atoms. The van der Waals surface area contributed by atoms with Gasteiger partial charge in [0, 0.05) is 26.1 Å². The number of sulfonamides is 1. The van der Waals surface area contributed by atoms with E-state index in [1.54, 1.807) is 24.1 Å². The largest absolute Gasteiger partial charge is 0.490 e. The van der Waals surface area contributed by atoms with Crippen LogP contribution in [0.1, 0.15) is 12.8 Å². The van der Waals surface area contributed by atoms with Crippen LogP contribution in [0.15, 0.2) is 53.4 Å². The lowest BCUT2D eigenvalue weighted by atomic mass is 9.97. The minimum atomic E-state index is -3.91. The summed E-state index contributed by atoms with van der Waals surface area (Å²) in [7, 11) is -2.21. The lowest BCUT2D eigenvalue weighted by Gasteiger charge is -2.32. The number of piperidine rings is 1. The van der Waals surface area contributed by atoms with Gasteiger partial charge in [-0.1, -0.05) is 35.9 Å². The molecule has 0 N–H and O–H groups in total. The van der Waals surface area contributed by atoms with E-state index in [2.05, 4.69) is 0 Å². The van der Waals surface area contributed by atoms with Gasteiger partial charge in [0.2, 0.25) is 15.9 Å². The van der Waals surface area contributed by atoms with E-state index in [4.69, 9.17) is 16.3 Å². The Morgan fingerprint density at radius 1 is 1.17 bits per heavy atom. The van der Waals surface area contributed by atoms with Gasteiger partial charge in [-0.05, 0) is 37.1 Å². The van der Waals surface area contributed by atoms with Crippen LogP contribution in [0.3, 0.4) is 0 Å². The van der Waals surface area contributed by atoms with Crippen molar-refractivity contribution in [3.05, 3.63) is 59.4 Å². The molecule has 1 aliphatic heterocycles. The Morgan fingerprint density at radius 2 is 1.80 bits per heavy atom. The van der Waals surface area contributed by atoms with Crippen molar-refractivity contribution in [3.63, 3.8) is 0 Å². The number of rotatable bonds is 7. The fourth-order valence-corrected chi connectivity index (χ4v) is 5.14. The molecular weight excluding hydrogens is 431 g/mol. The summed E-state index contributed by atoms with van der Waals surface area (Å²) in [6.45, 7) is 1.04. The number of benzene rings is 2. The summed E-state index contributed by atoms with van der Waals surface area (Å²) in [6, 6.07) is 12.4. The molecule has 0 unspecified atom stereocenters. The molecule has 1 saturated heterocycles. The molecule has 1 fully saturated rings. The molecule has 0 spiro atoms. The number of hydrogen-bond donors (Lipinski definition) is 0. The van der Waals surface area contributed by atoms with E-state index in [0.717, 1.165) is 6.07 Å². The first kappa shape index (κ1) is 22.5. The topological polar surface area (TPSA) is 66.9 Å². The summed E-state index contributed by atoms with van der Waals surface area (Å²) in [5, 5.41) is 0.509. The molecule has 0 aliphatic carbocycles. The predicted octanol–water partition coefficient (Wildman–Crippen LogP) is 3.42. The molecule has 1 aliphatic rings. The lowest BCUT2D eigenvalue weighted by Crippen LogP contribution is -2.44.